The molecule has 1 N–H and O–H groups in total. The van der Waals surface area contributed by atoms with Gasteiger partial charge in [0, 0.05) is 80.4 Å². The van der Waals surface area contributed by atoms with Crippen LogP contribution in [0.4, 0.5) is 17.6 Å². The van der Waals surface area contributed by atoms with Crippen LogP contribution < -0.4 is 4.57 Å². The first kappa shape index (κ1) is 94.5. The average molecular weight is 2170 g/mol. The van der Waals surface area contributed by atoms with Crippen molar-refractivity contribution in [1.82, 2.24) is 39.9 Å². The van der Waals surface area contributed by atoms with Gasteiger partial charge in [0.15, 0.2) is 6.20 Å². The Bertz CT molecular complexity index is 5980. The fourth-order valence-corrected chi connectivity index (χ4v) is 11.6. The van der Waals surface area contributed by atoms with Crippen molar-refractivity contribution in [3.05, 3.63) is 503 Å². The molecule has 20 aromatic rings. The van der Waals surface area contributed by atoms with Gasteiger partial charge in [-0.15, -0.1) is 240 Å². The fraction of sp³-hybridized carbons (Fsp3) is 0.00935. The van der Waals surface area contributed by atoms with Crippen LogP contribution in [0, 0.1) is 71.8 Å². The van der Waals surface area contributed by atoms with Gasteiger partial charge in [-0.25, -0.2) is 14.3 Å². The number of aromatic nitrogens is 9. The van der Waals surface area contributed by atoms with Crippen LogP contribution in [0.1, 0.15) is 10.5 Å². The number of aromatic carboxylic acids is 1. The van der Waals surface area contributed by atoms with E-state index >= 15 is 0 Å². The Balaban J connectivity index is 0.000000159. The predicted molar refractivity (Wildman–Crippen MR) is 475 cm³/mol. The molecule has 18 heteroatoms. The van der Waals surface area contributed by atoms with E-state index in [1.165, 1.54) is 28.4 Å². The zero-order valence-electron chi connectivity index (χ0n) is 66.8. The number of aryl methyl sites for hydroxylation is 1. The number of fused-ring (bicyclic) bond motifs is 3. The molecule has 0 aliphatic heterocycles. The Morgan fingerprint density at radius 1 is 0.296 bits per heavy atom. The normalized spacial score (nSPS) is 9.83. The van der Waals surface area contributed by atoms with Gasteiger partial charge < -0.3 is 25.0 Å². The SMILES string of the molecule is C[n+]1ccccc1-c1[c-]cc(F)cc1F.Fc1c[c-]c(-c2ccccn2)c(F)c1.O=C(O)c1ccccn1.[Ir+3].[Ir+3].[Ir].[c-]1ccccc1-c1ccc2ccccc2n1.[c-]1ccccc1-c1ccc2ccccc2n1.[c-]1ccccc1-c1ccc2ccccc2n1.[c-]1ccccc1-c1ccccn1.[c-]1ccccc1-c1ccccn1.[c-]1ccccc1-c1ccccn1. The molecule has 0 aliphatic rings. The first-order chi connectivity index (χ1) is 60.0. The Morgan fingerprint density at radius 2 is 0.584 bits per heavy atom. The number of hydrogen-bond acceptors (Lipinski definition) is 9. The van der Waals surface area contributed by atoms with Crippen LogP contribution in [0.2, 0.25) is 0 Å². The molecule has 1 radical (unpaired) electrons. The van der Waals surface area contributed by atoms with Gasteiger partial charge in [-0.3, -0.25) is 32.5 Å². The number of carbonyl (C=O) groups is 1. The molecule has 0 bridgehead atoms. The third kappa shape index (κ3) is 29.8. The number of nitrogens with zero attached hydrogens (tertiary/aromatic N) is 9. The van der Waals surface area contributed by atoms with Crippen LogP contribution in [0.25, 0.3) is 123 Å². The first-order valence-corrected chi connectivity index (χ1v) is 38.3. The molecule has 11 nitrogen and oxygen atoms in total. The monoisotopic (exact) mass is 2170 g/mol. The minimum absolute atomic E-state index is 0. The summed E-state index contributed by atoms with van der Waals surface area (Å²) in [6, 6.07) is 145. The molecular weight excluding hydrogens is 2100 g/mol. The van der Waals surface area contributed by atoms with Crippen LogP contribution in [0.15, 0.2) is 425 Å². The summed E-state index contributed by atoms with van der Waals surface area (Å²) in [6.45, 7) is 0. The Hall–Kier alpha value is -14.3. The predicted octanol–water partition coefficient (Wildman–Crippen LogP) is 24.6. The average Bonchev–Trinajstić information content (AvgIpc) is 0.838. The minimum atomic E-state index is -0.990. The third-order valence-corrected chi connectivity index (χ3v) is 17.5. The van der Waals surface area contributed by atoms with E-state index in [0.29, 0.717) is 11.4 Å². The maximum absolute atomic E-state index is 13.4. The number of pyridine rings is 9. The summed E-state index contributed by atoms with van der Waals surface area (Å²) in [5.41, 5.74) is 16.8. The van der Waals surface area contributed by atoms with Crippen LogP contribution in [-0.4, -0.2) is 50.9 Å². The molecule has 0 saturated heterocycles. The number of carboxylic acid groups (broad SMARTS) is 1. The smallest absolute Gasteiger partial charge is 0.477 e. The van der Waals surface area contributed by atoms with Crippen LogP contribution in [-0.2, 0) is 67.4 Å². The quantitative estimate of drug-likeness (QED) is 0.0842. The van der Waals surface area contributed by atoms with Gasteiger partial charge in [0.05, 0.1) is 16.6 Å². The molecular formula is C107H74F4Ir3N9O2-. The number of halogens is 4. The van der Waals surface area contributed by atoms with Gasteiger partial charge in [-0.1, -0.05) is 169 Å². The fourth-order valence-electron chi connectivity index (χ4n) is 11.6. The van der Waals surface area contributed by atoms with E-state index < -0.39 is 29.2 Å². The molecule has 0 saturated carbocycles. The second kappa shape index (κ2) is 51.5. The van der Waals surface area contributed by atoms with E-state index in [4.69, 9.17) is 5.11 Å². The third-order valence-electron chi connectivity index (χ3n) is 17.5. The topological polar surface area (TPSA) is 144 Å². The van der Waals surface area contributed by atoms with E-state index in [2.05, 4.69) is 125 Å². The zero-order chi connectivity index (χ0) is 84.6. The summed E-state index contributed by atoms with van der Waals surface area (Å²) in [5, 5.41) is 11.8. The van der Waals surface area contributed by atoms with Crippen LogP contribution >= 0.6 is 0 Å². The van der Waals surface area contributed by atoms with Gasteiger partial charge >= 0.3 is 46.2 Å². The van der Waals surface area contributed by atoms with Crippen molar-refractivity contribution in [3.8, 4) is 90.1 Å². The molecule has 9 aromatic heterocycles. The molecule has 0 aliphatic carbocycles. The van der Waals surface area contributed by atoms with Gasteiger partial charge in [0.2, 0.25) is 0 Å². The second-order valence-corrected chi connectivity index (χ2v) is 26.0. The van der Waals surface area contributed by atoms with Crippen LogP contribution in [0.3, 0.4) is 0 Å². The largest absolute Gasteiger partial charge is 3.00 e. The maximum Gasteiger partial charge on any atom is 3.00 e. The molecule has 0 unspecified atom stereocenters. The first-order valence-electron chi connectivity index (χ1n) is 38.3. The van der Waals surface area contributed by atoms with Crippen molar-refractivity contribution in [2.24, 2.45) is 7.05 Å². The Labute approximate surface area is 764 Å². The number of para-hydroxylation sites is 3. The number of carboxylic acids is 1. The summed E-state index contributed by atoms with van der Waals surface area (Å²) in [6.07, 6.45) is 10.2. The molecule has 0 spiro atoms. The summed E-state index contributed by atoms with van der Waals surface area (Å²) in [7, 11) is 1.80. The van der Waals surface area contributed by atoms with E-state index in [0.717, 1.165) is 108 Å². The molecule has 0 amide bonds. The summed E-state index contributed by atoms with van der Waals surface area (Å²) in [4.78, 5) is 44.2. The van der Waals surface area contributed by atoms with E-state index in [1.54, 1.807) is 85.1 Å². The second-order valence-electron chi connectivity index (χ2n) is 26.0. The Morgan fingerprint density at radius 3 is 0.864 bits per heavy atom. The van der Waals surface area contributed by atoms with Crippen molar-refractivity contribution < 1.29 is 92.3 Å². The van der Waals surface area contributed by atoms with E-state index in [-0.39, 0.29) is 77.1 Å². The van der Waals surface area contributed by atoms with Gasteiger partial charge in [0.1, 0.15) is 18.4 Å². The molecule has 0 fully saturated rings. The number of hydrogen-bond donors (Lipinski definition) is 1. The van der Waals surface area contributed by atoms with Crippen molar-refractivity contribution >= 4 is 38.7 Å². The summed E-state index contributed by atoms with van der Waals surface area (Å²) in [5.74, 6) is -3.49. The Kier molecular flexibility index (Phi) is 38.9. The minimum Gasteiger partial charge on any atom is -0.477 e. The van der Waals surface area contributed by atoms with Gasteiger partial charge in [-0.2, -0.15) is 0 Å². The van der Waals surface area contributed by atoms with Gasteiger partial charge in [0.25, 0.3) is 0 Å². The molecule has 20 rings (SSSR count). The summed E-state index contributed by atoms with van der Waals surface area (Å²) < 4.78 is 53.7. The van der Waals surface area contributed by atoms with Crippen molar-refractivity contribution in [1.29, 1.82) is 0 Å². The van der Waals surface area contributed by atoms with Crippen molar-refractivity contribution in [2.75, 3.05) is 0 Å². The van der Waals surface area contributed by atoms with Crippen molar-refractivity contribution in [2.45, 2.75) is 0 Å². The summed E-state index contributed by atoms with van der Waals surface area (Å²) >= 11 is 0. The van der Waals surface area contributed by atoms with E-state index in [9.17, 15) is 22.4 Å². The van der Waals surface area contributed by atoms with E-state index in [1.807, 2.05) is 279 Å². The molecule has 125 heavy (non-hydrogen) atoms. The molecule has 615 valence electrons. The molecule has 9 heterocycles. The number of rotatable bonds is 9. The molecule has 11 aromatic carbocycles. The van der Waals surface area contributed by atoms with Crippen LogP contribution in [0.5, 0.6) is 0 Å². The maximum atomic E-state index is 13.4. The zero-order valence-corrected chi connectivity index (χ0v) is 74.0. The number of benzene rings is 11. The molecule has 0 atom stereocenters. The van der Waals surface area contributed by atoms with Gasteiger partial charge in [-0.05, 0) is 122 Å². The van der Waals surface area contributed by atoms with Crippen molar-refractivity contribution in [3.63, 3.8) is 0 Å². The standard InChI is InChI=1S/3C15H10N.C12H9F2N.C11H6F2N.3C11H8N.C6H5NO2.3Ir/c3*1-2-6-12(7-3-1)15-11-10-13-8-4-5-9-14(13)16-15;1-15-7-3-2-4-12(15)10-6-5-9(13)8-11(10)14;12-8-4-5-9(10(13)7-8)11-3-1-2-6-14-11;3*1-2-6-10(7-3-1)11-8-4-5-9-12-11;8-6(9)5-3-1-2-4-7-5;;;/h3*1-6,8-11H;2-5,7-8H,1H3;1-4,6-7H;3*1-6,8-9H;1-4H,(H,8,9);;;/q3*-1;;4*-1;;;2*+3.